The SMILES string of the molecule is CCCCCCCCCCCCCCCCCCCC(=O)OC[C@H](COP(=O)(O)OC[C@@H](O)COP(=O)(O)OC[C@@H](COC(=O)CCCCCCCCC)OC(=O)CCCCCCCCCCCCCCCC)OC(=O)CCCCCCCCCCCCCCCCCCC. The molecule has 0 fully saturated rings. The van der Waals surface area contributed by atoms with E-state index >= 15 is 0 Å². The van der Waals surface area contributed by atoms with Gasteiger partial charge in [-0.1, -0.05) is 355 Å². The van der Waals surface area contributed by atoms with E-state index in [1.807, 2.05) is 0 Å². The second-order valence-corrected chi connectivity index (χ2v) is 30.3. The molecule has 2 unspecified atom stereocenters. The molecule has 19 heteroatoms. The zero-order valence-corrected chi connectivity index (χ0v) is 63.4. The summed E-state index contributed by atoms with van der Waals surface area (Å²) in [5.41, 5.74) is 0. The van der Waals surface area contributed by atoms with Gasteiger partial charge in [0.25, 0.3) is 0 Å². The van der Waals surface area contributed by atoms with Crippen molar-refractivity contribution in [1.82, 2.24) is 0 Å². The molecule has 17 nitrogen and oxygen atoms in total. The fraction of sp³-hybridized carbons (Fsp3) is 0.947. The molecular weight excluding hydrogens is 1250 g/mol. The Bertz CT molecular complexity index is 1810. The lowest BCUT2D eigenvalue weighted by atomic mass is 10.0. The van der Waals surface area contributed by atoms with Crippen LogP contribution in [-0.2, 0) is 65.4 Å². The average Bonchev–Trinajstić information content (AvgIpc) is 1.48. The lowest BCUT2D eigenvalue weighted by Crippen LogP contribution is -2.30. The van der Waals surface area contributed by atoms with Gasteiger partial charge in [-0.05, 0) is 25.7 Å². The zero-order valence-electron chi connectivity index (χ0n) is 61.6. The number of ether oxygens (including phenoxy) is 4. The summed E-state index contributed by atoms with van der Waals surface area (Å²) >= 11 is 0. The van der Waals surface area contributed by atoms with E-state index in [1.165, 1.54) is 225 Å². The summed E-state index contributed by atoms with van der Waals surface area (Å²) in [6.45, 7) is 4.96. The Morgan fingerprint density at radius 2 is 0.421 bits per heavy atom. The van der Waals surface area contributed by atoms with Crippen molar-refractivity contribution in [3.8, 4) is 0 Å². The van der Waals surface area contributed by atoms with Crippen LogP contribution in [0.5, 0.6) is 0 Å². The molecule has 0 rings (SSSR count). The molecule has 0 amide bonds. The number of phosphoric acid groups is 2. The highest BCUT2D eigenvalue weighted by molar-refractivity contribution is 7.47. The van der Waals surface area contributed by atoms with Crippen molar-refractivity contribution < 1.29 is 80.2 Å². The predicted octanol–water partition coefficient (Wildman–Crippen LogP) is 22.6. The van der Waals surface area contributed by atoms with Crippen molar-refractivity contribution in [2.45, 2.75) is 425 Å². The van der Waals surface area contributed by atoms with E-state index < -0.39 is 97.5 Å². The maximum atomic E-state index is 13.1. The van der Waals surface area contributed by atoms with E-state index in [0.717, 1.165) is 103 Å². The highest BCUT2D eigenvalue weighted by Crippen LogP contribution is 2.45. The summed E-state index contributed by atoms with van der Waals surface area (Å²) < 4.78 is 68.4. The summed E-state index contributed by atoms with van der Waals surface area (Å²) in [5.74, 6) is -2.11. The summed E-state index contributed by atoms with van der Waals surface area (Å²) in [6, 6.07) is 0. The minimum atomic E-state index is -4.96. The van der Waals surface area contributed by atoms with Crippen molar-refractivity contribution >= 4 is 39.5 Å². The summed E-state index contributed by atoms with van der Waals surface area (Å²) in [6.07, 6.45) is 61.1. The van der Waals surface area contributed by atoms with E-state index in [0.29, 0.717) is 25.7 Å². The number of hydrogen-bond acceptors (Lipinski definition) is 15. The number of unbranched alkanes of at least 4 members (excludes halogenated alkanes) is 51. The van der Waals surface area contributed by atoms with Gasteiger partial charge in [0, 0.05) is 25.7 Å². The largest absolute Gasteiger partial charge is 0.472 e. The molecule has 0 saturated heterocycles. The third-order valence-electron chi connectivity index (χ3n) is 17.9. The second kappa shape index (κ2) is 70.5. The first kappa shape index (κ1) is 93.1. The minimum absolute atomic E-state index is 0.108. The van der Waals surface area contributed by atoms with Crippen LogP contribution in [0.2, 0.25) is 0 Å². The lowest BCUT2D eigenvalue weighted by molar-refractivity contribution is -0.161. The summed E-state index contributed by atoms with van der Waals surface area (Å²) in [4.78, 5) is 72.7. The van der Waals surface area contributed by atoms with Gasteiger partial charge in [-0.25, -0.2) is 9.13 Å². The molecule has 0 aliphatic rings. The molecule has 0 saturated carbocycles. The average molecular weight is 1400 g/mol. The van der Waals surface area contributed by atoms with Crippen LogP contribution in [0.3, 0.4) is 0 Å². The molecule has 0 aromatic heterocycles. The van der Waals surface area contributed by atoms with Gasteiger partial charge in [0.2, 0.25) is 0 Å². The van der Waals surface area contributed by atoms with E-state index in [-0.39, 0.29) is 25.7 Å². The molecule has 0 bridgehead atoms. The summed E-state index contributed by atoms with van der Waals surface area (Å²) in [7, 11) is -9.90. The van der Waals surface area contributed by atoms with Gasteiger partial charge in [0.05, 0.1) is 26.4 Å². The van der Waals surface area contributed by atoms with Crippen LogP contribution in [0.1, 0.15) is 407 Å². The Kier molecular flexibility index (Phi) is 69.1. The van der Waals surface area contributed by atoms with Crippen molar-refractivity contribution in [1.29, 1.82) is 0 Å². The molecule has 0 aromatic carbocycles. The van der Waals surface area contributed by atoms with Crippen LogP contribution in [0, 0.1) is 0 Å². The standard InChI is InChI=1S/C76H148O17P2/c1-5-9-13-17-21-24-27-30-33-35-37-40-42-45-49-53-57-61-74(79)87-67-72(93-76(81)63-59-55-51-47-44-41-38-36-34-31-28-25-22-18-14-10-6-2)69-91-95(84,85)89-65-70(77)64-88-94(82,83)90-68-71(66-86-73(78)60-56-52-48-20-16-12-8-4)92-75(80)62-58-54-50-46-43-39-32-29-26-23-19-15-11-7-3/h70-72,77H,5-69H2,1-4H3,(H,82,83)(H,84,85)/t70-,71+,72+/m0/s1. The Hall–Kier alpha value is -1.94. The first-order valence-corrected chi connectivity index (χ1v) is 42.8. The number of aliphatic hydroxyl groups excluding tert-OH is 1. The van der Waals surface area contributed by atoms with Crippen LogP contribution >= 0.6 is 15.6 Å². The van der Waals surface area contributed by atoms with Gasteiger partial charge in [-0.3, -0.25) is 37.3 Å². The Morgan fingerprint density at radius 3 is 0.621 bits per heavy atom. The quantitative estimate of drug-likeness (QED) is 0.0222. The molecule has 0 heterocycles. The van der Waals surface area contributed by atoms with E-state index in [1.54, 1.807) is 0 Å². The third kappa shape index (κ3) is 70.3. The van der Waals surface area contributed by atoms with Crippen LogP contribution in [0.25, 0.3) is 0 Å². The number of carbonyl (C=O) groups is 4. The molecular formula is C76H148O17P2. The highest BCUT2D eigenvalue weighted by Gasteiger charge is 2.30. The smallest absolute Gasteiger partial charge is 0.462 e. The summed E-state index contributed by atoms with van der Waals surface area (Å²) in [5, 5.41) is 10.6. The number of carbonyl (C=O) groups excluding carboxylic acids is 4. The van der Waals surface area contributed by atoms with Crippen molar-refractivity contribution in [3.63, 3.8) is 0 Å². The van der Waals surface area contributed by atoms with Gasteiger partial charge < -0.3 is 33.8 Å². The second-order valence-electron chi connectivity index (χ2n) is 27.4. The molecule has 0 aliphatic carbocycles. The maximum absolute atomic E-state index is 13.1. The first-order chi connectivity index (χ1) is 46.2. The third-order valence-corrected chi connectivity index (χ3v) is 19.8. The maximum Gasteiger partial charge on any atom is 0.472 e. The van der Waals surface area contributed by atoms with Crippen molar-refractivity contribution in [3.05, 3.63) is 0 Å². The fourth-order valence-electron chi connectivity index (χ4n) is 11.8. The first-order valence-electron chi connectivity index (χ1n) is 39.8. The van der Waals surface area contributed by atoms with Gasteiger partial charge in [0.15, 0.2) is 12.2 Å². The van der Waals surface area contributed by atoms with Gasteiger partial charge in [0.1, 0.15) is 19.3 Å². The molecule has 5 atom stereocenters. The molecule has 0 aromatic rings. The van der Waals surface area contributed by atoms with Gasteiger partial charge in [-0.2, -0.15) is 0 Å². The number of aliphatic hydroxyl groups is 1. The minimum Gasteiger partial charge on any atom is -0.462 e. The molecule has 0 spiro atoms. The topological polar surface area (TPSA) is 237 Å². The molecule has 0 aliphatic heterocycles. The number of hydrogen-bond donors (Lipinski definition) is 3. The highest BCUT2D eigenvalue weighted by atomic mass is 31.2. The molecule has 95 heavy (non-hydrogen) atoms. The van der Waals surface area contributed by atoms with Crippen LogP contribution < -0.4 is 0 Å². The van der Waals surface area contributed by atoms with E-state index in [4.69, 9.17) is 37.0 Å². The van der Waals surface area contributed by atoms with Crippen LogP contribution in [0.4, 0.5) is 0 Å². The number of phosphoric ester groups is 2. The lowest BCUT2D eigenvalue weighted by Gasteiger charge is -2.21. The predicted molar refractivity (Wildman–Crippen MR) is 386 cm³/mol. The number of esters is 4. The molecule has 564 valence electrons. The van der Waals surface area contributed by atoms with Crippen molar-refractivity contribution in [2.75, 3.05) is 39.6 Å². The van der Waals surface area contributed by atoms with Crippen LogP contribution in [0.15, 0.2) is 0 Å². The molecule has 3 N–H and O–H groups in total. The monoisotopic (exact) mass is 1400 g/mol. The van der Waals surface area contributed by atoms with E-state index in [2.05, 4.69) is 27.7 Å². The van der Waals surface area contributed by atoms with Gasteiger partial charge >= 0.3 is 39.5 Å². The Morgan fingerprint density at radius 1 is 0.253 bits per heavy atom. The van der Waals surface area contributed by atoms with E-state index in [9.17, 15) is 43.2 Å². The zero-order chi connectivity index (χ0) is 69.7. The normalized spacial score (nSPS) is 13.9. The Balaban J connectivity index is 5.19. The Labute approximate surface area is 581 Å². The fourth-order valence-corrected chi connectivity index (χ4v) is 13.3. The van der Waals surface area contributed by atoms with Crippen LogP contribution in [-0.4, -0.2) is 96.7 Å². The van der Waals surface area contributed by atoms with Gasteiger partial charge in [-0.15, -0.1) is 0 Å². The molecule has 0 radical (unpaired) electrons. The number of rotatable bonds is 77. The van der Waals surface area contributed by atoms with Crippen molar-refractivity contribution in [2.24, 2.45) is 0 Å².